The van der Waals surface area contributed by atoms with Gasteiger partial charge in [0.25, 0.3) is 5.56 Å². The summed E-state index contributed by atoms with van der Waals surface area (Å²) >= 11 is 3.12. The molecule has 0 saturated heterocycles. The fraction of sp³-hybridized carbons (Fsp3) is 0.158. The Morgan fingerprint density at radius 3 is 2.77 bits per heavy atom. The van der Waals surface area contributed by atoms with Crippen molar-refractivity contribution in [2.24, 2.45) is 0 Å². The first-order chi connectivity index (χ1) is 12.8. The summed E-state index contributed by atoms with van der Waals surface area (Å²) in [6.45, 7) is 2.55. The van der Waals surface area contributed by atoms with Crippen LogP contribution in [0.4, 0.5) is 0 Å². The smallest absolute Gasteiger partial charge is 0.262 e. The Labute approximate surface area is 158 Å². The van der Waals surface area contributed by atoms with Crippen LogP contribution in [-0.2, 0) is 12.3 Å². The number of fused-ring (bicyclic) bond motifs is 1. The highest BCUT2D eigenvalue weighted by molar-refractivity contribution is 7.98. The van der Waals surface area contributed by atoms with Gasteiger partial charge in [-0.25, -0.2) is 9.97 Å². The third-order valence-corrected chi connectivity index (χ3v) is 5.85. The summed E-state index contributed by atoms with van der Waals surface area (Å²) in [5.74, 6) is 0.661. The molecule has 0 N–H and O–H groups in total. The minimum atomic E-state index is 0.00746. The number of thioether (sulfide) groups is 1. The van der Waals surface area contributed by atoms with Gasteiger partial charge in [0.05, 0.1) is 22.3 Å². The molecule has 0 atom stereocenters. The van der Waals surface area contributed by atoms with Crippen molar-refractivity contribution in [1.82, 2.24) is 19.5 Å². The predicted octanol–water partition coefficient (Wildman–Crippen LogP) is 4.23. The zero-order valence-corrected chi connectivity index (χ0v) is 15.8. The molecular weight excluding hydrogens is 364 g/mol. The Kier molecular flexibility index (Phi) is 4.81. The second-order valence-electron chi connectivity index (χ2n) is 5.61. The lowest BCUT2D eigenvalue weighted by molar-refractivity contribution is 0.634. The molecule has 130 valence electrons. The Morgan fingerprint density at radius 2 is 1.96 bits per heavy atom. The van der Waals surface area contributed by atoms with Gasteiger partial charge in [-0.2, -0.15) is 0 Å². The molecule has 1 aromatic carbocycles. The number of hydrogen-bond acceptors (Lipinski definition) is 6. The monoisotopic (exact) mass is 380 g/mol. The SMILES string of the molecule is CCn1c(SCc2csc(-c3ccccn3)n2)nc2ccccc2c1=O. The van der Waals surface area contributed by atoms with Crippen molar-refractivity contribution < 1.29 is 0 Å². The van der Waals surface area contributed by atoms with Crippen LogP contribution >= 0.6 is 23.1 Å². The molecule has 3 aromatic heterocycles. The summed E-state index contributed by atoms with van der Waals surface area (Å²) in [5, 5.41) is 4.32. The molecule has 3 heterocycles. The van der Waals surface area contributed by atoms with Crippen LogP contribution in [0.5, 0.6) is 0 Å². The first kappa shape index (κ1) is 16.9. The van der Waals surface area contributed by atoms with E-state index in [9.17, 15) is 4.79 Å². The molecule has 5 nitrogen and oxygen atoms in total. The van der Waals surface area contributed by atoms with E-state index in [1.807, 2.05) is 54.8 Å². The van der Waals surface area contributed by atoms with E-state index >= 15 is 0 Å². The summed E-state index contributed by atoms with van der Waals surface area (Å²) in [4.78, 5) is 26.3. The van der Waals surface area contributed by atoms with E-state index in [0.717, 1.165) is 27.1 Å². The highest BCUT2D eigenvalue weighted by atomic mass is 32.2. The van der Waals surface area contributed by atoms with Crippen LogP contribution in [-0.4, -0.2) is 19.5 Å². The van der Waals surface area contributed by atoms with Crippen molar-refractivity contribution >= 4 is 34.0 Å². The highest BCUT2D eigenvalue weighted by Crippen LogP contribution is 2.26. The Balaban J connectivity index is 1.60. The fourth-order valence-electron chi connectivity index (χ4n) is 2.66. The molecule has 4 rings (SSSR count). The number of aromatic nitrogens is 4. The van der Waals surface area contributed by atoms with Crippen LogP contribution in [0.2, 0.25) is 0 Å². The molecule has 0 spiro atoms. The van der Waals surface area contributed by atoms with Crippen molar-refractivity contribution in [3.05, 3.63) is 70.1 Å². The summed E-state index contributed by atoms with van der Waals surface area (Å²) < 4.78 is 1.72. The molecule has 0 unspecified atom stereocenters. The summed E-state index contributed by atoms with van der Waals surface area (Å²) in [6.07, 6.45) is 1.77. The average Bonchev–Trinajstić information content (AvgIpc) is 3.16. The molecule has 0 radical (unpaired) electrons. The minimum Gasteiger partial charge on any atom is -0.287 e. The van der Waals surface area contributed by atoms with E-state index in [4.69, 9.17) is 0 Å². The first-order valence-electron chi connectivity index (χ1n) is 8.24. The average molecular weight is 380 g/mol. The maximum absolute atomic E-state index is 12.7. The molecule has 0 aliphatic carbocycles. The molecule has 7 heteroatoms. The molecule has 26 heavy (non-hydrogen) atoms. The van der Waals surface area contributed by atoms with Crippen LogP contribution < -0.4 is 5.56 Å². The zero-order valence-electron chi connectivity index (χ0n) is 14.1. The lowest BCUT2D eigenvalue weighted by Crippen LogP contribution is -2.22. The van der Waals surface area contributed by atoms with Gasteiger partial charge < -0.3 is 0 Å². The number of benzene rings is 1. The summed E-state index contributed by atoms with van der Waals surface area (Å²) in [5.41, 5.74) is 2.58. The molecule has 0 fully saturated rings. The molecule has 0 aliphatic heterocycles. The molecular formula is C19H16N4OS2. The summed E-state index contributed by atoms with van der Waals surface area (Å²) in [6, 6.07) is 13.3. The number of para-hydroxylation sites is 1. The van der Waals surface area contributed by atoms with E-state index in [1.165, 1.54) is 11.8 Å². The number of hydrogen-bond donors (Lipinski definition) is 0. The Bertz CT molecular complexity index is 1110. The number of pyridine rings is 1. The van der Waals surface area contributed by atoms with Gasteiger partial charge in [-0.05, 0) is 31.2 Å². The molecule has 0 amide bonds. The Morgan fingerprint density at radius 1 is 1.12 bits per heavy atom. The van der Waals surface area contributed by atoms with E-state index in [-0.39, 0.29) is 5.56 Å². The van der Waals surface area contributed by atoms with Gasteiger partial charge >= 0.3 is 0 Å². The van der Waals surface area contributed by atoms with Crippen LogP contribution in [0.3, 0.4) is 0 Å². The first-order valence-corrected chi connectivity index (χ1v) is 10.1. The molecule has 0 aliphatic rings. The van der Waals surface area contributed by atoms with Gasteiger partial charge in [0.2, 0.25) is 0 Å². The standard InChI is InChI=1S/C19H16N4OS2/c1-2-23-18(24)14-7-3-4-8-15(14)22-19(23)26-12-13-11-25-17(21-13)16-9-5-6-10-20-16/h3-11H,2,12H2,1H3. The highest BCUT2D eigenvalue weighted by Gasteiger charge is 2.12. The van der Waals surface area contributed by atoms with Gasteiger partial charge in [0, 0.05) is 23.9 Å². The van der Waals surface area contributed by atoms with Gasteiger partial charge in [0.15, 0.2) is 5.16 Å². The van der Waals surface area contributed by atoms with Crippen molar-refractivity contribution in [2.75, 3.05) is 0 Å². The van der Waals surface area contributed by atoms with Crippen LogP contribution in [0, 0.1) is 0 Å². The van der Waals surface area contributed by atoms with E-state index in [2.05, 4.69) is 15.0 Å². The third-order valence-electron chi connectivity index (χ3n) is 3.93. The van der Waals surface area contributed by atoms with Crippen molar-refractivity contribution in [2.45, 2.75) is 24.4 Å². The molecule has 4 aromatic rings. The Hall–Kier alpha value is -2.51. The van der Waals surface area contributed by atoms with E-state index in [1.54, 1.807) is 22.1 Å². The number of nitrogens with zero attached hydrogens (tertiary/aromatic N) is 4. The normalized spacial score (nSPS) is 11.1. The van der Waals surface area contributed by atoms with Crippen LogP contribution in [0.25, 0.3) is 21.6 Å². The summed E-state index contributed by atoms with van der Waals surface area (Å²) in [7, 11) is 0. The lowest BCUT2D eigenvalue weighted by atomic mass is 10.2. The van der Waals surface area contributed by atoms with Gasteiger partial charge in [-0.3, -0.25) is 14.3 Å². The van der Waals surface area contributed by atoms with Crippen LogP contribution in [0.1, 0.15) is 12.6 Å². The zero-order chi connectivity index (χ0) is 17.9. The topological polar surface area (TPSA) is 60.7 Å². The fourth-order valence-corrected chi connectivity index (χ4v) is 4.51. The third kappa shape index (κ3) is 3.27. The van der Waals surface area contributed by atoms with Crippen molar-refractivity contribution in [3.63, 3.8) is 0 Å². The minimum absolute atomic E-state index is 0.00746. The van der Waals surface area contributed by atoms with Gasteiger partial charge in [-0.1, -0.05) is 30.0 Å². The lowest BCUT2D eigenvalue weighted by Gasteiger charge is -2.10. The van der Waals surface area contributed by atoms with Crippen molar-refractivity contribution in [1.29, 1.82) is 0 Å². The molecule has 0 bridgehead atoms. The van der Waals surface area contributed by atoms with Gasteiger partial charge in [-0.15, -0.1) is 11.3 Å². The van der Waals surface area contributed by atoms with Crippen molar-refractivity contribution in [3.8, 4) is 10.7 Å². The number of thiazole rings is 1. The van der Waals surface area contributed by atoms with Crippen LogP contribution in [0.15, 0.2) is 64.0 Å². The second kappa shape index (κ2) is 7.39. The largest absolute Gasteiger partial charge is 0.287 e. The van der Waals surface area contributed by atoms with E-state index < -0.39 is 0 Å². The number of rotatable bonds is 5. The molecule has 0 saturated carbocycles. The van der Waals surface area contributed by atoms with E-state index in [0.29, 0.717) is 17.7 Å². The quantitative estimate of drug-likeness (QED) is 0.383. The maximum Gasteiger partial charge on any atom is 0.262 e. The second-order valence-corrected chi connectivity index (χ2v) is 7.41. The maximum atomic E-state index is 12.7. The predicted molar refractivity (Wildman–Crippen MR) is 107 cm³/mol. The van der Waals surface area contributed by atoms with Gasteiger partial charge in [0.1, 0.15) is 5.01 Å².